The molecule has 2 rings (SSSR count). The number of ether oxygens (including phenoxy) is 1. The maximum absolute atomic E-state index is 10.2. The Hall–Kier alpha value is -2.82. The minimum atomic E-state index is -1.10. The zero-order chi connectivity index (χ0) is 13.5. The Labute approximate surface area is 110 Å². The van der Waals surface area contributed by atoms with Crippen molar-refractivity contribution in [1.82, 2.24) is 0 Å². The molecule has 19 heavy (non-hydrogen) atoms. The number of hydrazone groups is 1. The van der Waals surface area contributed by atoms with E-state index in [1.165, 1.54) is 0 Å². The van der Waals surface area contributed by atoms with Gasteiger partial charge in [0.25, 0.3) is 0 Å². The Morgan fingerprint density at radius 2 is 1.68 bits per heavy atom. The second kappa shape index (κ2) is 6.20. The molecule has 0 saturated carbocycles. The summed E-state index contributed by atoms with van der Waals surface area (Å²) >= 11 is 0. The lowest BCUT2D eigenvalue weighted by molar-refractivity contribution is -0.128. The number of benzene rings is 2. The molecule has 0 atom stereocenters. The second-order valence-corrected chi connectivity index (χ2v) is 3.65. The molecule has 0 spiro atoms. The molecule has 2 N–H and O–H groups in total. The van der Waals surface area contributed by atoms with Crippen LogP contribution < -0.4 is 10.2 Å². The number of carboxylic acid groups (broad SMARTS) is 1. The van der Waals surface area contributed by atoms with Crippen LogP contribution in [0.2, 0.25) is 0 Å². The van der Waals surface area contributed by atoms with Gasteiger partial charge in [0.05, 0.1) is 5.69 Å². The van der Waals surface area contributed by atoms with E-state index in [9.17, 15) is 4.79 Å². The monoisotopic (exact) mass is 256 g/mol. The number of anilines is 1. The van der Waals surface area contributed by atoms with Gasteiger partial charge in [-0.1, -0.05) is 18.2 Å². The molecule has 0 aliphatic heterocycles. The van der Waals surface area contributed by atoms with E-state index in [0.717, 1.165) is 12.0 Å². The summed E-state index contributed by atoms with van der Waals surface area (Å²) in [6.45, 7) is 0. The first-order valence-electron chi connectivity index (χ1n) is 5.59. The van der Waals surface area contributed by atoms with E-state index in [2.05, 4.69) is 10.5 Å². The van der Waals surface area contributed by atoms with Crippen molar-refractivity contribution in [1.29, 1.82) is 0 Å². The number of carboxylic acids is 1. The fourth-order valence-corrected chi connectivity index (χ4v) is 1.38. The van der Waals surface area contributed by atoms with Crippen molar-refractivity contribution in [2.45, 2.75) is 0 Å². The van der Waals surface area contributed by atoms with Crippen LogP contribution in [-0.4, -0.2) is 17.3 Å². The van der Waals surface area contributed by atoms with Crippen molar-refractivity contribution in [3.05, 3.63) is 54.6 Å². The highest BCUT2D eigenvalue weighted by Gasteiger charge is 1.96. The van der Waals surface area contributed by atoms with Crippen LogP contribution in [0.15, 0.2) is 59.7 Å². The third-order valence-corrected chi connectivity index (χ3v) is 2.20. The lowest BCUT2D eigenvalue weighted by atomic mass is 10.3. The van der Waals surface area contributed by atoms with Gasteiger partial charge in [0, 0.05) is 0 Å². The first kappa shape index (κ1) is 12.6. The number of hydrogen-bond donors (Lipinski definition) is 2. The van der Waals surface area contributed by atoms with Crippen molar-refractivity contribution in [2.24, 2.45) is 5.10 Å². The number of nitrogens with zero attached hydrogens (tertiary/aromatic N) is 1. The van der Waals surface area contributed by atoms with E-state index in [4.69, 9.17) is 9.84 Å². The Balaban J connectivity index is 1.97. The zero-order valence-corrected chi connectivity index (χ0v) is 9.98. The van der Waals surface area contributed by atoms with E-state index in [1.807, 2.05) is 30.3 Å². The normalized spacial score (nSPS) is 10.3. The van der Waals surface area contributed by atoms with Crippen LogP contribution >= 0.6 is 0 Å². The summed E-state index contributed by atoms with van der Waals surface area (Å²) in [7, 11) is 0. The maximum Gasteiger partial charge on any atom is 0.348 e. The third kappa shape index (κ3) is 4.16. The Bertz CT molecular complexity index is 565. The standard InChI is InChI=1S/C14H12N2O3/c17-14(18)10-15-16-11-6-8-13(9-7-11)19-12-4-2-1-3-5-12/h1-10,16H,(H,17,18). The van der Waals surface area contributed by atoms with Crippen LogP contribution in [0.25, 0.3) is 0 Å². The number of hydrogen-bond acceptors (Lipinski definition) is 4. The summed E-state index contributed by atoms with van der Waals surface area (Å²) in [5, 5.41) is 11.9. The molecule has 0 bridgehead atoms. The number of nitrogens with one attached hydrogen (secondary N) is 1. The molecule has 96 valence electrons. The van der Waals surface area contributed by atoms with E-state index >= 15 is 0 Å². The van der Waals surface area contributed by atoms with E-state index in [-0.39, 0.29) is 0 Å². The quantitative estimate of drug-likeness (QED) is 0.637. The first-order chi connectivity index (χ1) is 9.24. The number of carbonyl (C=O) groups is 1. The summed E-state index contributed by atoms with van der Waals surface area (Å²) in [6, 6.07) is 16.5. The highest BCUT2D eigenvalue weighted by Crippen LogP contribution is 2.22. The van der Waals surface area contributed by atoms with Gasteiger partial charge in [0.2, 0.25) is 0 Å². The maximum atomic E-state index is 10.2. The molecule has 0 saturated heterocycles. The molecule has 2 aromatic rings. The van der Waals surface area contributed by atoms with E-state index < -0.39 is 5.97 Å². The van der Waals surface area contributed by atoms with Gasteiger partial charge in [-0.05, 0) is 36.4 Å². The molecule has 0 unspecified atom stereocenters. The first-order valence-corrected chi connectivity index (χ1v) is 5.59. The van der Waals surface area contributed by atoms with Gasteiger partial charge in [-0.25, -0.2) is 4.79 Å². The van der Waals surface area contributed by atoms with Crippen LogP contribution in [0, 0.1) is 0 Å². The molecular formula is C14H12N2O3. The Morgan fingerprint density at radius 3 is 2.32 bits per heavy atom. The fraction of sp³-hybridized carbons (Fsp3) is 0. The second-order valence-electron chi connectivity index (χ2n) is 3.65. The van der Waals surface area contributed by atoms with Gasteiger partial charge in [-0.3, -0.25) is 5.43 Å². The Kier molecular flexibility index (Phi) is 4.12. The zero-order valence-electron chi connectivity index (χ0n) is 9.98. The van der Waals surface area contributed by atoms with Gasteiger partial charge in [-0.15, -0.1) is 0 Å². The molecule has 5 heteroatoms. The number of aliphatic carboxylic acids is 1. The van der Waals surface area contributed by atoms with Gasteiger partial charge >= 0.3 is 5.97 Å². The fourth-order valence-electron chi connectivity index (χ4n) is 1.38. The summed E-state index contributed by atoms with van der Waals surface area (Å²) in [6.07, 6.45) is 0.786. The van der Waals surface area contributed by atoms with Crippen LogP contribution in [0.3, 0.4) is 0 Å². The molecule has 0 aliphatic carbocycles. The van der Waals surface area contributed by atoms with Crippen LogP contribution in [-0.2, 0) is 4.79 Å². The van der Waals surface area contributed by atoms with Crippen LogP contribution in [0.1, 0.15) is 0 Å². The van der Waals surface area contributed by atoms with Crippen molar-refractivity contribution < 1.29 is 14.6 Å². The molecule has 0 aliphatic rings. The number of para-hydroxylation sites is 1. The lowest BCUT2D eigenvalue weighted by Crippen LogP contribution is -1.98. The molecular weight excluding hydrogens is 244 g/mol. The molecule has 0 amide bonds. The molecule has 0 fully saturated rings. The number of rotatable bonds is 5. The largest absolute Gasteiger partial charge is 0.477 e. The van der Waals surface area contributed by atoms with E-state index in [0.29, 0.717) is 11.4 Å². The summed E-state index contributed by atoms with van der Waals surface area (Å²) < 4.78 is 5.62. The van der Waals surface area contributed by atoms with Gasteiger partial charge in [-0.2, -0.15) is 5.10 Å². The van der Waals surface area contributed by atoms with Crippen molar-refractivity contribution in [3.8, 4) is 11.5 Å². The van der Waals surface area contributed by atoms with Crippen LogP contribution in [0.4, 0.5) is 5.69 Å². The molecule has 2 aromatic carbocycles. The van der Waals surface area contributed by atoms with Crippen molar-refractivity contribution in [2.75, 3.05) is 5.43 Å². The third-order valence-electron chi connectivity index (χ3n) is 2.20. The topological polar surface area (TPSA) is 70.9 Å². The molecule has 0 heterocycles. The summed E-state index contributed by atoms with van der Waals surface area (Å²) in [5.41, 5.74) is 3.28. The van der Waals surface area contributed by atoms with Gasteiger partial charge in [0.1, 0.15) is 17.7 Å². The SMILES string of the molecule is O=C(O)C=NNc1ccc(Oc2ccccc2)cc1. The summed E-state index contributed by atoms with van der Waals surface area (Å²) in [4.78, 5) is 10.2. The molecule has 0 radical (unpaired) electrons. The highest BCUT2D eigenvalue weighted by molar-refractivity contribution is 6.22. The average Bonchev–Trinajstić information content (AvgIpc) is 2.42. The van der Waals surface area contributed by atoms with E-state index in [1.54, 1.807) is 24.3 Å². The minimum Gasteiger partial charge on any atom is -0.477 e. The molecule has 5 nitrogen and oxygen atoms in total. The smallest absolute Gasteiger partial charge is 0.348 e. The Morgan fingerprint density at radius 1 is 1.05 bits per heavy atom. The molecule has 0 aromatic heterocycles. The average molecular weight is 256 g/mol. The predicted molar refractivity (Wildman–Crippen MR) is 72.7 cm³/mol. The van der Waals surface area contributed by atoms with Crippen molar-refractivity contribution >= 4 is 17.9 Å². The summed E-state index contributed by atoms with van der Waals surface area (Å²) in [5.74, 6) is 0.350. The van der Waals surface area contributed by atoms with Crippen molar-refractivity contribution in [3.63, 3.8) is 0 Å². The minimum absolute atomic E-state index is 0.679. The van der Waals surface area contributed by atoms with Gasteiger partial charge in [0.15, 0.2) is 0 Å². The predicted octanol–water partition coefficient (Wildman–Crippen LogP) is 2.96. The van der Waals surface area contributed by atoms with Gasteiger partial charge < -0.3 is 9.84 Å². The highest BCUT2D eigenvalue weighted by atomic mass is 16.5. The van der Waals surface area contributed by atoms with Crippen LogP contribution in [0.5, 0.6) is 11.5 Å². The lowest BCUT2D eigenvalue weighted by Gasteiger charge is -2.06.